The Morgan fingerprint density at radius 1 is 1.05 bits per heavy atom. The minimum absolute atomic E-state index is 0.270. The summed E-state index contributed by atoms with van der Waals surface area (Å²) in [7, 11) is 0. The summed E-state index contributed by atoms with van der Waals surface area (Å²) in [5, 5.41) is 19.5. The summed E-state index contributed by atoms with van der Waals surface area (Å²) in [5.41, 5.74) is 1.41. The second kappa shape index (κ2) is 6.93. The Hall–Kier alpha value is -2.04. The zero-order chi connectivity index (χ0) is 14.4. The molecule has 2 aromatic rings. The van der Waals surface area contributed by atoms with Crippen LogP contribution in [0, 0.1) is 5.82 Å². The first-order valence-corrected chi connectivity index (χ1v) is 6.33. The van der Waals surface area contributed by atoms with Crippen LogP contribution in [0.2, 0.25) is 0 Å². The van der Waals surface area contributed by atoms with Crippen molar-refractivity contribution in [2.75, 3.05) is 6.61 Å². The van der Waals surface area contributed by atoms with Crippen LogP contribution in [0.4, 0.5) is 4.39 Å². The van der Waals surface area contributed by atoms with Crippen molar-refractivity contribution in [3.05, 3.63) is 71.5 Å². The molecule has 4 heteroatoms. The molecule has 0 saturated carbocycles. The van der Waals surface area contributed by atoms with Crippen molar-refractivity contribution in [3.8, 4) is 0 Å². The minimum atomic E-state index is -0.877. The zero-order valence-corrected chi connectivity index (χ0v) is 10.9. The van der Waals surface area contributed by atoms with Gasteiger partial charge >= 0.3 is 0 Å². The summed E-state index contributed by atoms with van der Waals surface area (Å²) < 4.78 is 12.8. The lowest BCUT2D eigenvalue weighted by Crippen LogP contribution is -2.20. The van der Waals surface area contributed by atoms with Gasteiger partial charge in [0.25, 0.3) is 0 Å². The molecule has 0 spiro atoms. The van der Waals surface area contributed by atoms with Gasteiger partial charge in [-0.05, 0) is 23.3 Å². The normalized spacial score (nSPS) is 14.3. The van der Waals surface area contributed by atoms with Gasteiger partial charge in [-0.25, -0.2) is 4.39 Å². The third-order valence-corrected chi connectivity index (χ3v) is 2.98. The smallest absolute Gasteiger partial charge is 0.123 e. The Kier molecular flexibility index (Phi) is 4.98. The van der Waals surface area contributed by atoms with E-state index >= 15 is 0 Å². The number of aliphatic hydroxyl groups excluding tert-OH is 2. The quantitative estimate of drug-likeness (QED) is 0.822. The van der Waals surface area contributed by atoms with Crippen molar-refractivity contribution >= 4 is 6.21 Å². The fourth-order valence-corrected chi connectivity index (χ4v) is 1.83. The van der Waals surface area contributed by atoms with Crippen LogP contribution < -0.4 is 0 Å². The lowest BCUT2D eigenvalue weighted by atomic mass is 10.0. The average molecular weight is 273 g/mol. The molecule has 0 bridgehead atoms. The third kappa shape index (κ3) is 3.73. The molecule has 3 nitrogen and oxygen atoms in total. The molecule has 0 aliphatic rings. The van der Waals surface area contributed by atoms with Crippen LogP contribution in [0.3, 0.4) is 0 Å². The van der Waals surface area contributed by atoms with Gasteiger partial charge < -0.3 is 10.2 Å². The van der Waals surface area contributed by atoms with E-state index in [4.69, 9.17) is 0 Å². The molecule has 104 valence electrons. The summed E-state index contributed by atoms with van der Waals surface area (Å²) in [6.45, 7) is -0.270. The molecule has 20 heavy (non-hydrogen) atoms. The van der Waals surface area contributed by atoms with E-state index in [1.54, 1.807) is 24.3 Å². The first-order chi connectivity index (χ1) is 9.70. The third-order valence-electron chi connectivity index (χ3n) is 2.98. The van der Waals surface area contributed by atoms with E-state index in [1.165, 1.54) is 18.3 Å². The number of halogens is 1. The molecule has 0 aliphatic heterocycles. The van der Waals surface area contributed by atoms with Gasteiger partial charge in [0.05, 0.1) is 6.61 Å². The molecule has 2 rings (SSSR count). The van der Waals surface area contributed by atoms with Crippen LogP contribution in [0.15, 0.2) is 59.6 Å². The number of hydrogen-bond donors (Lipinski definition) is 2. The summed E-state index contributed by atoms with van der Waals surface area (Å²) >= 11 is 0. The maximum absolute atomic E-state index is 12.8. The van der Waals surface area contributed by atoms with E-state index in [0.29, 0.717) is 11.1 Å². The van der Waals surface area contributed by atoms with Gasteiger partial charge in [0.15, 0.2) is 0 Å². The van der Waals surface area contributed by atoms with E-state index in [2.05, 4.69) is 4.99 Å². The largest absolute Gasteiger partial charge is 0.394 e. The van der Waals surface area contributed by atoms with Crippen molar-refractivity contribution in [2.24, 2.45) is 4.99 Å². The minimum Gasteiger partial charge on any atom is -0.394 e. The maximum atomic E-state index is 12.8. The predicted octanol–water partition coefficient (Wildman–Crippen LogP) is 2.34. The lowest BCUT2D eigenvalue weighted by Gasteiger charge is -2.17. The maximum Gasteiger partial charge on any atom is 0.123 e. The van der Waals surface area contributed by atoms with Gasteiger partial charge in [0.2, 0.25) is 0 Å². The lowest BCUT2D eigenvalue weighted by molar-refractivity contribution is 0.111. The van der Waals surface area contributed by atoms with Gasteiger partial charge in [-0.1, -0.05) is 42.5 Å². The summed E-state index contributed by atoms with van der Waals surface area (Å²) in [4.78, 5) is 4.17. The molecular formula is C16H16FNO2. The van der Waals surface area contributed by atoms with E-state index in [0.717, 1.165) is 0 Å². The van der Waals surface area contributed by atoms with Crippen LogP contribution in [0.25, 0.3) is 0 Å². The van der Waals surface area contributed by atoms with Crippen molar-refractivity contribution in [3.63, 3.8) is 0 Å². The van der Waals surface area contributed by atoms with Crippen molar-refractivity contribution < 1.29 is 14.6 Å². The van der Waals surface area contributed by atoms with Crippen LogP contribution in [-0.2, 0) is 0 Å². The summed E-state index contributed by atoms with van der Waals surface area (Å²) in [5.74, 6) is -0.315. The number of hydrogen-bond acceptors (Lipinski definition) is 3. The Morgan fingerprint density at radius 3 is 2.30 bits per heavy atom. The molecule has 2 N–H and O–H groups in total. The van der Waals surface area contributed by atoms with Crippen molar-refractivity contribution in [1.82, 2.24) is 0 Å². The monoisotopic (exact) mass is 273 g/mol. The molecule has 1 unspecified atom stereocenters. The zero-order valence-electron chi connectivity index (χ0n) is 10.9. The molecule has 0 fully saturated rings. The van der Waals surface area contributed by atoms with Crippen LogP contribution in [-0.4, -0.2) is 29.1 Å². The number of benzene rings is 2. The first kappa shape index (κ1) is 14.4. The fraction of sp³-hybridized carbons (Fsp3) is 0.188. The average Bonchev–Trinajstić information content (AvgIpc) is 2.50. The standard InChI is InChI=1S/C16H16FNO2/c17-14-8-6-12(7-9-14)10-18-15(11-19)16(20)13-4-2-1-3-5-13/h1-10,15-16,19-20H,11H2/t15-,16?/m0/s1. The summed E-state index contributed by atoms with van der Waals surface area (Å²) in [6.07, 6.45) is 0.643. The van der Waals surface area contributed by atoms with E-state index in [9.17, 15) is 14.6 Å². The molecular weight excluding hydrogens is 257 g/mol. The Balaban J connectivity index is 2.10. The SMILES string of the molecule is OC[C@H](N=Cc1ccc(F)cc1)C(O)c1ccccc1. The molecule has 2 atom stereocenters. The Bertz CT molecular complexity index is 554. The number of nitrogens with zero attached hydrogens (tertiary/aromatic N) is 1. The highest BCUT2D eigenvalue weighted by Crippen LogP contribution is 2.18. The highest BCUT2D eigenvalue weighted by atomic mass is 19.1. The number of aliphatic hydroxyl groups is 2. The first-order valence-electron chi connectivity index (χ1n) is 6.33. The highest BCUT2D eigenvalue weighted by Gasteiger charge is 2.18. The second-order valence-corrected chi connectivity index (χ2v) is 4.44. The fourth-order valence-electron chi connectivity index (χ4n) is 1.83. The van der Waals surface area contributed by atoms with E-state index < -0.39 is 12.1 Å². The molecule has 0 amide bonds. The Labute approximate surface area is 117 Å². The van der Waals surface area contributed by atoms with Gasteiger partial charge in [-0.3, -0.25) is 4.99 Å². The molecule has 0 radical (unpaired) electrons. The van der Waals surface area contributed by atoms with Gasteiger partial charge in [0.1, 0.15) is 18.0 Å². The van der Waals surface area contributed by atoms with E-state index in [-0.39, 0.29) is 12.4 Å². The molecule has 0 saturated heterocycles. The summed E-state index contributed by atoms with van der Waals surface area (Å²) in [6, 6.07) is 14.2. The molecule has 0 aliphatic carbocycles. The molecule has 2 aromatic carbocycles. The van der Waals surface area contributed by atoms with Crippen LogP contribution in [0.1, 0.15) is 17.2 Å². The molecule has 0 aromatic heterocycles. The second-order valence-electron chi connectivity index (χ2n) is 4.44. The van der Waals surface area contributed by atoms with Crippen molar-refractivity contribution in [2.45, 2.75) is 12.1 Å². The predicted molar refractivity (Wildman–Crippen MR) is 76.3 cm³/mol. The van der Waals surface area contributed by atoms with Gasteiger partial charge in [-0.2, -0.15) is 0 Å². The van der Waals surface area contributed by atoms with Crippen molar-refractivity contribution in [1.29, 1.82) is 0 Å². The van der Waals surface area contributed by atoms with E-state index in [1.807, 2.05) is 18.2 Å². The van der Waals surface area contributed by atoms with Gasteiger partial charge in [0, 0.05) is 6.21 Å². The topological polar surface area (TPSA) is 52.8 Å². The molecule has 0 heterocycles. The number of aliphatic imine (C=N–C) groups is 1. The number of rotatable bonds is 5. The highest BCUT2D eigenvalue weighted by molar-refractivity contribution is 5.79. The Morgan fingerprint density at radius 2 is 1.70 bits per heavy atom. The van der Waals surface area contributed by atoms with Crippen LogP contribution in [0.5, 0.6) is 0 Å². The van der Waals surface area contributed by atoms with Crippen LogP contribution >= 0.6 is 0 Å². The van der Waals surface area contributed by atoms with Gasteiger partial charge in [-0.15, -0.1) is 0 Å².